The van der Waals surface area contributed by atoms with Crippen molar-refractivity contribution in [3.05, 3.63) is 98.7 Å². The van der Waals surface area contributed by atoms with Crippen LogP contribution in [0.2, 0.25) is 10.0 Å². The number of carbonyl (C=O) groups is 4. The molecular formula is C24H12Br4Cl2N2O4. The van der Waals surface area contributed by atoms with E-state index in [9.17, 15) is 19.2 Å². The van der Waals surface area contributed by atoms with Crippen molar-refractivity contribution in [1.29, 1.82) is 0 Å². The molecule has 12 heteroatoms. The molecule has 36 heavy (non-hydrogen) atoms. The first-order valence-electron chi connectivity index (χ1n) is 10.1. The zero-order valence-corrected chi connectivity index (χ0v) is 25.8. The van der Waals surface area contributed by atoms with Gasteiger partial charge in [0.1, 0.15) is 6.04 Å². The number of carbonyl (C=O) groups excluding carboxylic acids is 4. The molecule has 0 aliphatic carbocycles. The minimum atomic E-state index is -1.24. The van der Waals surface area contributed by atoms with Crippen LogP contribution in [-0.4, -0.2) is 39.6 Å². The van der Waals surface area contributed by atoms with Crippen LogP contribution in [0.1, 0.15) is 48.4 Å². The van der Waals surface area contributed by atoms with Crippen molar-refractivity contribution < 1.29 is 19.2 Å². The van der Waals surface area contributed by atoms with Gasteiger partial charge in [-0.2, -0.15) is 5.01 Å². The van der Waals surface area contributed by atoms with E-state index in [1.807, 2.05) is 0 Å². The average molecular weight is 783 g/mol. The molecule has 0 saturated heterocycles. The molecule has 0 spiro atoms. The summed E-state index contributed by atoms with van der Waals surface area (Å²) in [5, 5.41) is 1.87. The molecule has 184 valence electrons. The van der Waals surface area contributed by atoms with Crippen LogP contribution in [0.5, 0.6) is 0 Å². The van der Waals surface area contributed by atoms with Crippen LogP contribution in [-0.2, 0) is 0 Å². The van der Waals surface area contributed by atoms with Gasteiger partial charge in [0.05, 0.1) is 21.2 Å². The zero-order valence-electron chi connectivity index (χ0n) is 18.0. The highest BCUT2D eigenvalue weighted by molar-refractivity contribution is 9.15. The van der Waals surface area contributed by atoms with Crippen LogP contribution in [0.4, 0.5) is 0 Å². The molecule has 0 N–H and O–H groups in total. The van der Waals surface area contributed by atoms with Crippen molar-refractivity contribution in [2.45, 2.75) is 13.0 Å². The standard InChI is InChI=1S/C24H12Br4Cl2N2O4/c1-10(21(33)11-5-3-2-4-6-11)31(22(34)12-7-8-13(29)14(30)9-12)32-23(35)15-16(24(32)36)18(26)20(28)19(27)17(15)25/h2-10H,1H3/t10-/m0/s1. The van der Waals surface area contributed by atoms with Crippen molar-refractivity contribution in [1.82, 2.24) is 10.0 Å². The molecule has 0 radical (unpaired) electrons. The van der Waals surface area contributed by atoms with Crippen molar-refractivity contribution in [3.8, 4) is 0 Å². The largest absolute Gasteiger partial charge is 0.292 e. The van der Waals surface area contributed by atoms with Gasteiger partial charge in [0.15, 0.2) is 5.78 Å². The topological polar surface area (TPSA) is 74.8 Å². The molecule has 0 aromatic heterocycles. The molecule has 3 amide bonds. The Morgan fingerprint density at radius 2 is 1.31 bits per heavy atom. The lowest BCUT2D eigenvalue weighted by atomic mass is 10.0. The van der Waals surface area contributed by atoms with Crippen molar-refractivity contribution in [2.24, 2.45) is 0 Å². The lowest BCUT2D eigenvalue weighted by molar-refractivity contribution is -0.00685. The molecule has 1 heterocycles. The number of Topliss-reactive ketones (excluding diaryl/α,β-unsaturated/α-hetero) is 1. The van der Waals surface area contributed by atoms with E-state index in [0.29, 0.717) is 28.5 Å². The van der Waals surface area contributed by atoms with Crippen LogP contribution in [0.25, 0.3) is 0 Å². The molecular weight excluding hydrogens is 771 g/mol. The summed E-state index contributed by atoms with van der Waals surface area (Å²) in [4.78, 5) is 54.5. The van der Waals surface area contributed by atoms with Crippen molar-refractivity contribution >= 4 is 110 Å². The number of rotatable bonds is 5. The molecule has 0 fully saturated rings. The number of amides is 3. The van der Waals surface area contributed by atoms with Gasteiger partial charge in [-0.15, -0.1) is 0 Å². The summed E-state index contributed by atoms with van der Waals surface area (Å²) < 4.78 is 1.62. The number of hydrogen-bond acceptors (Lipinski definition) is 4. The normalized spacial score (nSPS) is 13.6. The van der Waals surface area contributed by atoms with Gasteiger partial charge in [-0.25, -0.2) is 5.01 Å². The Morgan fingerprint density at radius 1 is 0.778 bits per heavy atom. The van der Waals surface area contributed by atoms with Crippen molar-refractivity contribution in [3.63, 3.8) is 0 Å². The Morgan fingerprint density at radius 3 is 1.81 bits per heavy atom. The number of imide groups is 1. The van der Waals surface area contributed by atoms with Gasteiger partial charge in [0.2, 0.25) is 0 Å². The number of halogens is 6. The van der Waals surface area contributed by atoms with Gasteiger partial charge in [0, 0.05) is 29.0 Å². The first-order valence-corrected chi connectivity index (χ1v) is 14.0. The molecule has 0 unspecified atom stereocenters. The summed E-state index contributed by atoms with van der Waals surface area (Å²) >= 11 is 25.6. The summed E-state index contributed by atoms with van der Waals surface area (Å²) in [6, 6.07) is 11.2. The molecule has 3 aromatic rings. The number of ketones is 1. The lowest BCUT2D eigenvalue weighted by Gasteiger charge is -2.34. The van der Waals surface area contributed by atoms with Crippen LogP contribution in [0.3, 0.4) is 0 Å². The minimum absolute atomic E-state index is 0.0354. The molecule has 0 bridgehead atoms. The van der Waals surface area contributed by atoms with Gasteiger partial charge in [0.25, 0.3) is 17.7 Å². The van der Waals surface area contributed by atoms with E-state index in [0.717, 1.165) is 5.01 Å². The highest BCUT2D eigenvalue weighted by Crippen LogP contribution is 2.46. The third-order valence-electron chi connectivity index (χ3n) is 5.47. The van der Waals surface area contributed by atoms with Gasteiger partial charge in [-0.05, 0) is 88.8 Å². The highest BCUT2D eigenvalue weighted by Gasteiger charge is 2.48. The fourth-order valence-electron chi connectivity index (χ4n) is 3.69. The zero-order chi connectivity index (χ0) is 26.5. The second-order valence-corrected chi connectivity index (χ2v) is 11.6. The summed E-state index contributed by atoms with van der Waals surface area (Å²) in [7, 11) is 0. The van der Waals surface area contributed by atoms with Crippen LogP contribution in [0, 0.1) is 0 Å². The summed E-state index contributed by atoms with van der Waals surface area (Å²) in [5.41, 5.74) is 0.414. The maximum Gasteiger partial charge on any atom is 0.282 e. The van der Waals surface area contributed by atoms with E-state index in [4.69, 9.17) is 23.2 Å². The van der Waals surface area contributed by atoms with Gasteiger partial charge in [-0.3, -0.25) is 19.2 Å². The monoisotopic (exact) mass is 778 g/mol. The first-order chi connectivity index (χ1) is 17.0. The molecule has 1 atom stereocenters. The van der Waals surface area contributed by atoms with E-state index >= 15 is 0 Å². The second kappa shape index (κ2) is 10.7. The van der Waals surface area contributed by atoms with E-state index < -0.39 is 29.5 Å². The highest BCUT2D eigenvalue weighted by atomic mass is 79.9. The van der Waals surface area contributed by atoms with Crippen LogP contribution in [0.15, 0.2) is 66.4 Å². The Labute approximate surface area is 249 Å². The molecule has 0 saturated carbocycles. The van der Waals surface area contributed by atoms with Gasteiger partial charge >= 0.3 is 0 Å². The van der Waals surface area contributed by atoms with Crippen LogP contribution < -0.4 is 0 Å². The third-order valence-corrected chi connectivity index (χ3v) is 11.0. The second-order valence-electron chi connectivity index (χ2n) is 7.61. The lowest BCUT2D eigenvalue weighted by Crippen LogP contribution is -2.56. The smallest absolute Gasteiger partial charge is 0.282 e. The Hall–Kier alpha value is -1.56. The van der Waals surface area contributed by atoms with Gasteiger partial charge < -0.3 is 0 Å². The van der Waals surface area contributed by atoms with Gasteiger partial charge in [-0.1, -0.05) is 53.5 Å². The third kappa shape index (κ3) is 4.61. The maximum absolute atomic E-state index is 13.8. The number of benzene rings is 3. The predicted molar refractivity (Wildman–Crippen MR) is 151 cm³/mol. The molecule has 3 aromatic carbocycles. The SMILES string of the molecule is C[C@@H](C(=O)c1ccccc1)N(C(=O)c1ccc(Cl)c(Cl)c1)N1C(=O)c2c(Br)c(Br)c(Br)c(Br)c2C1=O. The van der Waals surface area contributed by atoms with Crippen LogP contribution >= 0.6 is 86.9 Å². The maximum atomic E-state index is 13.8. The fourth-order valence-corrected chi connectivity index (χ4v) is 6.44. The Balaban J connectivity index is 1.89. The Kier molecular flexibility index (Phi) is 8.14. The summed E-state index contributed by atoms with van der Waals surface area (Å²) in [6.07, 6.45) is 0. The fraction of sp³-hybridized carbons (Fsp3) is 0.0833. The number of fused-ring (bicyclic) bond motifs is 1. The number of hydrogen-bond donors (Lipinski definition) is 0. The predicted octanol–water partition coefficient (Wildman–Crippen LogP) is 7.97. The van der Waals surface area contributed by atoms with E-state index in [1.165, 1.54) is 25.1 Å². The number of nitrogens with zero attached hydrogens (tertiary/aromatic N) is 2. The van der Waals surface area contributed by atoms with E-state index in [-0.39, 0.29) is 26.7 Å². The minimum Gasteiger partial charge on any atom is -0.292 e. The summed E-state index contributed by atoms with van der Waals surface area (Å²) in [6.45, 7) is 1.45. The number of hydrazine groups is 1. The molecule has 1 aliphatic heterocycles. The van der Waals surface area contributed by atoms with E-state index in [2.05, 4.69) is 63.7 Å². The molecule has 1 aliphatic rings. The Bertz CT molecular complexity index is 1420. The average Bonchev–Trinajstić information content (AvgIpc) is 3.13. The quantitative estimate of drug-likeness (QED) is 0.114. The molecule has 6 nitrogen and oxygen atoms in total. The molecule has 4 rings (SSSR count). The summed E-state index contributed by atoms with van der Waals surface area (Å²) in [5.74, 6) is -2.82. The first kappa shape index (κ1) is 27.5. The van der Waals surface area contributed by atoms with E-state index in [1.54, 1.807) is 30.3 Å². The van der Waals surface area contributed by atoms with Crippen molar-refractivity contribution in [2.75, 3.05) is 0 Å².